The Labute approximate surface area is 186 Å². The van der Waals surface area contributed by atoms with Gasteiger partial charge in [0.15, 0.2) is 5.96 Å². The molecular formula is C22H34N6O2S. The van der Waals surface area contributed by atoms with Crippen molar-refractivity contribution in [2.45, 2.75) is 37.8 Å². The second kappa shape index (κ2) is 13.0. The van der Waals surface area contributed by atoms with E-state index in [2.05, 4.69) is 68.5 Å². The fraction of sp³-hybridized carbons (Fsp3) is 0.455. The van der Waals surface area contributed by atoms with Gasteiger partial charge in [-0.1, -0.05) is 30.3 Å². The number of benzene rings is 1. The summed E-state index contributed by atoms with van der Waals surface area (Å²) in [5.41, 5.74) is 1.30. The maximum Gasteiger partial charge on any atom is 0.242 e. The van der Waals surface area contributed by atoms with Crippen LogP contribution >= 0.6 is 0 Å². The molecule has 1 aromatic heterocycles. The topological polar surface area (TPSA) is 98.7 Å². The summed E-state index contributed by atoms with van der Waals surface area (Å²) in [7, 11) is -1.43. The van der Waals surface area contributed by atoms with Gasteiger partial charge in [-0.3, -0.25) is 14.9 Å². The number of aliphatic imine (C=N–C) groups is 1. The quantitative estimate of drug-likeness (QED) is 0.261. The Morgan fingerprint density at radius 2 is 1.90 bits per heavy atom. The summed E-state index contributed by atoms with van der Waals surface area (Å²) < 4.78 is 27.0. The van der Waals surface area contributed by atoms with Gasteiger partial charge in [0.2, 0.25) is 10.0 Å². The highest BCUT2D eigenvalue weighted by Crippen LogP contribution is 2.08. The molecule has 0 bridgehead atoms. The number of aromatic nitrogens is 1. The molecule has 1 heterocycles. The van der Waals surface area contributed by atoms with Crippen LogP contribution in [0.3, 0.4) is 0 Å². The van der Waals surface area contributed by atoms with Gasteiger partial charge >= 0.3 is 0 Å². The number of nitrogens with one attached hydrogen (secondary N) is 3. The molecule has 31 heavy (non-hydrogen) atoms. The van der Waals surface area contributed by atoms with E-state index in [0.29, 0.717) is 25.1 Å². The lowest BCUT2D eigenvalue weighted by atomic mass is 10.1. The predicted octanol–water partition coefficient (Wildman–Crippen LogP) is 1.83. The molecule has 0 fully saturated rings. The molecule has 0 aliphatic rings. The smallest absolute Gasteiger partial charge is 0.242 e. The molecule has 8 nitrogen and oxygen atoms in total. The van der Waals surface area contributed by atoms with Crippen molar-refractivity contribution in [2.24, 2.45) is 4.99 Å². The van der Waals surface area contributed by atoms with E-state index >= 15 is 0 Å². The number of pyridine rings is 1. The van der Waals surface area contributed by atoms with E-state index in [4.69, 9.17) is 0 Å². The maximum absolute atomic E-state index is 12.2. The summed E-state index contributed by atoms with van der Waals surface area (Å²) in [6, 6.07) is 13.9. The van der Waals surface area contributed by atoms with Gasteiger partial charge in [0.1, 0.15) is 4.90 Å². The minimum Gasteiger partial charge on any atom is -0.357 e. The summed E-state index contributed by atoms with van der Waals surface area (Å²) >= 11 is 0. The van der Waals surface area contributed by atoms with E-state index < -0.39 is 10.0 Å². The molecule has 2 rings (SSSR count). The zero-order chi connectivity index (χ0) is 22.5. The third-order valence-electron chi connectivity index (χ3n) is 4.84. The van der Waals surface area contributed by atoms with Crippen LogP contribution in [-0.2, 0) is 16.6 Å². The third kappa shape index (κ3) is 9.04. The van der Waals surface area contributed by atoms with Crippen LogP contribution in [0.4, 0.5) is 0 Å². The van der Waals surface area contributed by atoms with Gasteiger partial charge in [0.05, 0.1) is 0 Å². The second-order valence-corrected chi connectivity index (χ2v) is 9.08. The second-order valence-electron chi connectivity index (χ2n) is 7.31. The number of sulfonamides is 1. The van der Waals surface area contributed by atoms with Crippen molar-refractivity contribution in [3.63, 3.8) is 0 Å². The molecular weight excluding hydrogens is 412 g/mol. The fourth-order valence-corrected chi connectivity index (χ4v) is 3.90. The number of hydrogen-bond acceptors (Lipinski definition) is 5. The standard InChI is InChI=1S/C22H34N6O2S/c1-4-24-22(26-15-16-27-31(29,30)21-11-8-13-23-17-21)25-14-12-19(2)28(3)18-20-9-6-5-7-10-20/h5-11,13,17,19,27H,4,12,14-16,18H2,1-3H3,(H2,24,25,26). The van der Waals surface area contributed by atoms with Crippen molar-refractivity contribution < 1.29 is 8.42 Å². The first-order valence-electron chi connectivity index (χ1n) is 10.6. The Morgan fingerprint density at radius 1 is 1.13 bits per heavy atom. The fourth-order valence-electron chi connectivity index (χ4n) is 2.91. The lowest BCUT2D eigenvalue weighted by molar-refractivity contribution is 0.240. The lowest BCUT2D eigenvalue weighted by Crippen LogP contribution is -2.41. The van der Waals surface area contributed by atoms with Crippen LogP contribution in [0.5, 0.6) is 0 Å². The molecule has 0 saturated heterocycles. The third-order valence-corrected chi connectivity index (χ3v) is 6.29. The first kappa shape index (κ1) is 24.8. The lowest BCUT2D eigenvalue weighted by Gasteiger charge is -2.24. The van der Waals surface area contributed by atoms with E-state index in [-0.39, 0.29) is 11.4 Å². The molecule has 0 aliphatic carbocycles. The average Bonchev–Trinajstić information content (AvgIpc) is 2.77. The monoisotopic (exact) mass is 446 g/mol. The summed E-state index contributed by atoms with van der Waals surface area (Å²) in [6.45, 7) is 7.19. The summed E-state index contributed by atoms with van der Waals surface area (Å²) in [6.07, 6.45) is 3.80. The van der Waals surface area contributed by atoms with E-state index in [0.717, 1.165) is 19.5 Å². The Balaban J connectivity index is 1.75. The molecule has 0 spiro atoms. The molecule has 0 radical (unpaired) electrons. The first-order chi connectivity index (χ1) is 14.9. The van der Waals surface area contributed by atoms with E-state index in [1.807, 2.05) is 13.0 Å². The summed E-state index contributed by atoms with van der Waals surface area (Å²) in [5, 5.41) is 6.36. The van der Waals surface area contributed by atoms with Gasteiger partial charge in [0, 0.05) is 51.2 Å². The van der Waals surface area contributed by atoms with Crippen LogP contribution in [0.2, 0.25) is 0 Å². The largest absolute Gasteiger partial charge is 0.357 e. The molecule has 1 atom stereocenters. The minimum atomic E-state index is -3.55. The van der Waals surface area contributed by atoms with Crippen molar-refractivity contribution in [2.75, 3.05) is 33.2 Å². The molecule has 0 amide bonds. The van der Waals surface area contributed by atoms with Crippen molar-refractivity contribution in [3.05, 3.63) is 60.4 Å². The average molecular weight is 447 g/mol. The van der Waals surface area contributed by atoms with Crippen molar-refractivity contribution in [1.82, 2.24) is 25.2 Å². The van der Waals surface area contributed by atoms with Crippen LogP contribution in [0, 0.1) is 0 Å². The number of rotatable bonds is 12. The Hall–Kier alpha value is -2.49. The Bertz CT molecular complexity index is 891. The van der Waals surface area contributed by atoms with Gasteiger partial charge in [-0.2, -0.15) is 0 Å². The van der Waals surface area contributed by atoms with Crippen molar-refractivity contribution in [3.8, 4) is 0 Å². The minimum absolute atomic E-state index is 0.157. The van der Waals surface area contributed by atoms with Gasteiger partial charge in [-0.25, -0.2) is 13.1 Å². The van der Waals surface area contributed by atoms with E-state index in [1.54, 1.807) is 12.3 Å². The number of nitrogens with zero attached hydrogens (tertiary/aromatic N) is 3. The summed E-state index contributed by atoms with van der Waals surface area (Å²) in [4.78, 5) is 10.9. The molecule has 2 aromatic rings. The number of guanidine groups is 1. The van der Waals surface area contributed by atoms with Crippen LogP contribution in [-0.4, -0.2) is 63.5 Å². The van der Waals surface area contributed by atoms with Crippen LogP contribution in [0.15, 0.2) is 64.7 Å². The van der Waals surface area contributed by atoms with Crippen LogP contribution in [0.1, 0.15) is 25.8 Å². The highest BCUT2D eigenvalue weighted by molar-refractivity contribution is 7.89. The zero-order valence-corrected chi connectivity index (χ0v) is 19.4. The molecule has 0 aliphatic heterocycles. The van der Waals surface area contributed by atoms with E-state index in [9.17, 15) is 8.42 Å². The Kier molecular flexibility index (Phi) is 10.4. The maximum atomic E-state index is 12.2. The van der Waals surface area contributed by atoms with Crippen LogP contribution < -0.4 is 15.4 Å². The van der Waals surface area contributed by atoms with Gasteiger partial charge in [-0.15, -0.1) is 0 Å². The highest BCUT2D eigenvalue weighted by Gasteiger charge is 2.13. The van der Waals surface area contributed by atoms with Gasteiger partial charge < -0.3 is 10.6 Å². The number of hydrogen-bond donors (Lipinski definition) is 3. The highest BCUT2D eigenvalue weighted by atomic mass is 32.2. The van der Waals surface area contributed by atoms with Crippen LogP contribution in [0.25, 0.3) is 0 Å². The normalized spacial score (nSPS) is 13.2. The zero-order valence-electron chi connectivity index (χ0n) is 18.6. The molecule has 0 saturated carbocycles. The SMILES string of the molecule is CCNC(=NCCC(C)N(C)Cc1ccccc1)NCCNS(=O)(=O)c1cccnc1. The van der Waals surface area contributed by atoms with Crippen molar-refractivity contribution in [1.29, 1.82) is 0 Å². The molecule has 9 heteroatoms. The molecule has 3 N–H and O–H groups in total. The predicted molar refractivity (Wildman–Crippen MR) is 125 cm³/mol. The molecule has 1 aromatic carbocycles. The Morgan fingerprint density at radius 3 is 2.58 bits per heavy atom. The summed E-state index contributed by atoms with van der Waals surface area (Å²) in [5.74, 6) is 0.681. The molecule has 170 valence electrons. The van der Waals surface area contributed by atoms with E-state index in [1.165, 1.54) is 17.8 Å². The van der Waals surface area contributed by atoms with Gasteiger partial charge in [-0.05, 0) is 45.0 Å². The van der Waals surface area contributed by atoms with Crippen molar-refractivity contribution >= 4 is 16.0 Å². The molecule has 1 unspecified atom stereocenters. The first-order valence-corrected chi connectivity index (χ1v) is 12.1. The van der Waals surface area contributed by atoms with Gasteiger partial charge in [0.25, 0.3) is 0 Å².